The van der Waals surface area contributed by atoms with Crippen LogP contribution in [0.2, 0.25) is 10.2 Å². The molecule has 0 saturated carbocycles. The number of ether oxygens (including phenoxy) is 2. The first kappa shape index (κ1) is 20.9. The zero-order chi connectivity index (χ0) is 22.1. The Morgan fingerprint density at radius 2 is 1.90 bits per heavy atom. The molecule has 0 fully saturated rings. The van der Waals surface area contributed by atoms with Gasteiger partial charge in [-0.2, -0.15) is 5.10 Å². The van der Waals surface area contributed by atoms with Crippen molar-refractivity contribution in [3.63, 3.8) is 0 Å². The molecule has 3 heterocycles. The van der Waals surface area contributed by atoms with E-state index in [1.54, 1.807) is 43.3 Å². The summed E-state index contributed by atoms with van der Waals surface area (Å²) in [6.45, 7) is 4.52. The molecule has 10 heteroatoms. The summed E-state index contributed by atoms with van der Waals surface area (Å²) in [6, 6.07) is 6.94. The molecule has 0 bridgehead atoms. The first-order valence-corrected chi connectivity index (χ1v) is 9.89. The zero-order valence-corrected chi connectivity index (χ0v) is 18.3. The van der Waals surface area contributed by atoms with E-state index >= 15 is 0 Å². The van der Waals surface area contributed by atoms with E-state index in [9.17, 15) is 0 Å². The second kappa shape index (κ2) is 8.41. The standard InChI is InChI=1S/C21H18Cl2N6O2/c1-11(12-6-17(30-2)18(31-3)7-14(12)22)13-9-29(28-16(13)8-24)10-20-25-15-4-5-19(23)26-21(15)27-20/h4-9,24H,1,10H2,2-3H3,(H,25,26,27). The summed E-state index contributed by atoms with van der Waals surface area (Å²) in [5.41, 5.74) is 3.69. The summed E-state index contributed by atoms with van der Waals surface area (Å²) in [5, 5.41) is 13.1. The van der Waals surface area contributed by atoms with Crippen LogP contribution in [0.3, 0.4) is 0 Å². The summed E-state index contributed by atoms with van der Waals surface area (Å²) >= 11 is 12.4. The number of rotatable bonds is 7. The van der Waals surface area contributed by atoms with Crippen molar-refractivity contribution in [3.05, 3.63) is 69.9 Å². The lowest BCUT2D eigenvalue weighted by Gasteiger charge is -2.13. The summed E-state index contributed by atoms with van der Waals surface area (Å²) in [5.74, 6) is 1.70. The lowest BCUT2D eigenvalue weighted by molar-refractivity contribution is 0.355. The minimum Gasteiger partial charge on any atom is -0.493 e. The Bertz CT molecular complexity index is 1310. The Kier molecular flexibility index (Phi) is 5.67. The number of benzene rings is 1. The van der Waals surface area contributed by atoms with Crippen LogP contribution in [0.5, 0.6) is 11.5 Å². The number of aromatic nitrogens is 5. The largest absolute Gasteiger partial charge is 0.493 e. The molecule has 0 saturated heterocycles. The molecule has 3 aromatic heterocycles. The Morgan fingerprint density at radius 1 is 1.16 bits per heavy atom. The van der Waals surface area contributed by atoms with Crippen molar-refractivity contribution in [2.24, 2.45) is 0 Å². The van der Waals surface area contributed by atoms with Gasteiger partial charge in [0.2, 0.25) is 0 Å². The number of fused-ring (bicyclic) bond motifs is 1. The molecule has 0 spiro atoms. The maximum Gasteiger partial charge on any atom is 0.179 e. The van der Waals surface area contributed by atoms with Crippen LogP contribution in [0, 0.1) is 5.41 Å². The third kappa shape index (κ3) is 3.99. The summed E-state index contributed by atoms with van der Waals surface area (Å²) in [6.07, 6.45) is 2.97. The first-order chi connectivity index (χ1) is 14.9. The molecule has 4 aromatic rings. The van der Waals surface area contributed by atoms with Gasteiger partial charge in [-0.05, 0) is 23.8 Å². The van der Waals surface area contributed by atoms with Crippen molar-refractivity contribution in [1.82, 2.24) is 24.7 Å². The van der Waals surface area contributed by atoms with Crippen LogP contribution in [-0.2, 0) is 6.54 Å². The molecule has 31 heavy (non-hydrogen) atoms. The molecule has 0 aliphatic heterocycles. The first-order valence-electron chi connectivity index (χ1n) is 9.13. The Balaban J connectivity index is 1.68. The van der Waals surface area contributed by atoms with Gasteiger partial charge in [-0.25, -0.2) is 9.97 Å². The Morgan fingerprint density at radius 3 is 2.61 bits per heavy atom. The molecule has 158 valence electrons. The van der Waals surface area contributed by atoms with Crippen LogP contribution >= 0.6 is 23.2 Å². The third-order valence-corrected chi connectivity index (χ3v) is 5.25. The quantitative estimate of drug-likeness (QED) is 0.312. The normalized spacial score (nSPS) is 11.0. The number of hydrogen-bond donors (Lipinski definition) is 2. The molecule has 1 aromatic carbocycles. The fourth-order valence-electron chi connectivity index (χ4n) is 3.23. The molecular weight excluding hydrogens is 439 g/mol. The van der Waals surface area contributed by atoms with Gasteiger partial charge in [0.25, 0.3) is 0 Å². The van der Waals surface area contributed by atoms with Crippen LogP contribution in [0.4, 0.5) is 0 Å². The number of methoxy groups -OCH3 is 2. The van der Waals surface area contributed by atoms with Gasteiger partial charge in [-0.1, -0.05) is 29.8 Å². The predicted molar refractivity (Wildman–Crippen MR) is 121 cm³/mol. The van der Waals surface area contributed by atoms with E-state index in [-0.39, 0.29) is 0 Å². The molecule has 4 rings (SSSR count). The summed E-state index contributed by atoms with van der Waals surface area (Å²) in [7, 11) is 3.09. The number of H-pyrrole nitrogens is 1. The van der Waals surface area contributed by atoms with Crippen LogP contribution in [0.25, 0.3) is 16.7 Å². The van der Waals surface area contributed by atoms with E-state index in [2.05, 4.69) is 26.6 Å². The van der Waals surface area contributed by atoms with Crippen molar-refractivity contribution in [2.75, 3.05) is 14.2 Å². The second-order valence-corrected chi connectivity index (χ2v) is 7.42. The van der Waals surface area contributed by atoms with Gasteiger partial charge in [0.05, 0.1) is 31.3 Å². The number of imidazole rings is 1. The highest BCUT2D eigenvalue weighted by Crippen LogP contribution is 2.38. The number of hydrogen-bond acceptors (Lipinski definition) is 6. The van der Waals surface area contributed by atoms with Crippen molar-refractivity contribution in [2.45, 2.75) is 6.54 Å². The van der Waals surface area contributed by atoms with Gasteiger partial charge in [-0.15, -0.1) is 0 Å². The highest BCUT2D eigenvalue weighted by atomic mass is 35.5. The average molecular weight is 457 g/mol. The zero-order valence-electron chi connectivity index (χ0n) is 16.7. The Labute approximate surface area is 188 Å². The van der Waals surface area contributed by atoms with Crippen LogP contribution in [0.15, 0.2) is 37.0 Å². The second-order valence-electron chi connectivity index (χ2n) is 6.62. The predicted octanol–water partition coefficient (Wildman–Crippen LogP) is 4.59. The molecular formula is C21H18Cl2N6O2. The number of halogens is 2. The van der Waals surface area contributed by atoms with Crippen molar-refractivity contribution < 1.29 is 9.47 Å². The van der Waals surface area contributed by atoms with Gasteiger partial charge in [-0.3, -0.25) is 4.68 Å². The van der Waals surface area contributed by atoms with E-state index in [1.807, 2.05) is 6.07 Å². The maximum absolute atomic E-state index is 7.77. The number of aromatic amines is 1. The van der Waals surface area contributed by atoms with E-state index in [1.165, 1.54) is 6.21 Å². The monoisotopic (exact) mass is 456 g/mol. The van der Waals surface area contributed by atoms with Gasteiger partial charge >= 0.3 is 0 Å². The van der Waals surface area contributed by atoms with Crippen LogP contribution in [0.1, 0.15) is 22.6 Å². The van der Waals surface area contributed by atoms with Gasteiger partial charge in [0.1, 0.15) is 16.7 Å². The number of nitrogens with zero attached hydrogens (tertiary/aromatic N) is 4. The lowest BCUT2D eigenvalue weighted by atomic mass is 9.99. The van der Waals surface area contributed by atoms with Crippen molar-refractivity contribution in [3.8, 4) is 11.5 Å². The van der Waals surface area contributed by atoms with E-state index in [0.29, 0.717) is 62.1 Å². The molecule has 0 unspecified atom stereocenters. The Hall–Kier alpha value is -3.36. The highest BCUT2D eigenvalue weighted by Gasteiger charge is 2.18. The topological polar surface area (TPSA) is 102 Å². The fraction of sp³-hybridized carbons (Fsp3) is 0.143. The van der Waals surface area contributed by atoms with Crippen molar-refractivity contribution >= 4 is 46.2 Å². The summed E-state index contributed by atoms with van der Waals surface area (Å²) < 4.78 is 12.3. The number of nitrogens with one attached hydrogen (secondary N) is 2. The molecule has 0 radical (unpaired) electrons. The van der Waals surface area contributed by atoms with Gasteiger partial charge in [0, 0.05) is 29.6 Å². The lowest BCUT2D eigenvalue weighted by Crippen LogP contribution is -2.02. The minimum atomic E-state index is 0.349. The molecule has 8 nitrogen and oxygen atoms in total. The van der Waals surface area contributed by atoms with Crippen molar-refractivity contribution in [1.29, 1.82) is 5.41 Å². The van der Waals surface area contributed by atoms with E-state index in [4.69, 9.17) is 38.1 Å². The average Bonchev–Trinajstić information content (AvgIpc) is 3.35. The van der Waals surface area contributed by atoms with Crippen LogP contribution < -0.4 is 9.47 Å². The van der Waals surface area contributed by atoms with Gasteiger partial charge < -0.3 is 19.9 Å². The fourth-order valence-corrected chi connectivity index (χ4v) is 3.65. The third-order valence-electron chi connectivity index (χ3n) is 4.72. The van der Waals surface area contributed by atoms with Gasteiger partial charge in [0.15, 0.2) is 17.1 Å². The van der Waals surface area contributed by atoms with E-state index < -0.39 is 0 Å². The molecule has 0 atom stereocenters. The molecule has 0 amide bonds. The SMILES string of the molecule is C=C(c1cc(OC)c(OC)cc1Cl)c1cn(Cc2nc3nc(Cl)ccc3[nH]2)nc1C=N. The highest BCUT2D eigenvalue weighted by molar-refractivity contribution is 6.33. The maximum atomic E-state index is 7.77. The van der Waals surface area contributed by atoms with Crippen LogP contribution in [-0.4, -0.2) is 45.2 Å². The molecule has 2 N–H and O–H groups in total. The minimum absolute atomic E-state index is 0.349. The molecule has 0 aliphatic rings. The number of pyridine rings is 1. The molecule has 0 aliphatic carbocycles. The smallest absolute Gasteiger partial charge is 0.179 e. The van der Waals surface area contributed by atoms with E-state index in [0.717, 1.165) is 5.52 Å². The summed E-state index contributed by atoms with van der Waals surface area (Å²) in [4.78, 5) is 11.8.